The van der Waals surface area contributed by atoms with Crippen LogP contribution in [0, 0.1) is 0 Å². The number of rotatable bonds is 7. The van der Waals surface area contributed by atoms with Crippen molar-refractivity contribution >= 4 is 5.82 Å². The van der Waals surface area contributed by atoms with E-state index in [-0.39, 0.29) is 6.10 Å². The summed E-state index contributed by atoms with van der Waals surface area (Å²) in [6.07, 6.45) is 2.92. The quantitative estimate of drug-likeness (QED) is 0.788. The van der Waals surface area contributed by atoms with Gasteiger partial charge < -0.3 is 15.4 Å². The summed E-state index contributed by atoms with van der Waals surface area (Å²) in [5, 5.41) is 0. The van der Waals surface area contributed by atoms with E-state index in [4.69, 9.17) is 10.5 Å². The second-order valence-electron chi connectivity index (χ2n) is 4.21. The molecule has 0 aromatic carbocycles. The van der Waals surface area contributed by atoms with Gasteiger partial charge >= 0.3 is 0 Å². The van der Waals surface area contributed by atoms with Gasteiger partial charge in [0, 0.05) is 19.3 Å². The average Bonchev–Trinajstić information content (AvgIpc) is 2.31. The monoisotopic (exact) mass is 237 g/mol. The maximum Gasteiger partial charge on any atom is 0.171 e. The van der Waals surface area contributed by atoms with Gasteiger partial charge in [0.15, 0.2) is 11.6 Å². The summed E-state index contributed by atoms with van der Waals surface area (Å²) in [4.78, 5) is 6.61. The Bertz CT molecular complexity index is 328. The molecular formula is C13H23N3O. The third-order valence-corrected chi connectivity index (χ3v) is 2.43. The molecule has 0 bridgehead atoms. The first kappa shape index (κ1) is 13.8. The van der Waals surface area contributed by atoms with E-state index in [9.17, 15) is 0 Å². The van der Waals surface area contributed by atoms with Crippen molar-refractivity contribution in [2.24, 2.45) is 5.73 Å². The molecule has 0 amide bonds. The first-order valence-corrected chi connectivity index (χ1v) is 6.25. The SMILES string of the molecule is CCN(CCCN)c1ncccc1OC(C)C. The van der Waals surface area contributed by atoms with Gasteiger partial charge in [0.2, 0.25) is 0 Å². The second-order valence-corrected chi connectivity index (χ2v) is 4.21. The van der Waals surface area contributed by atoms with Crippen molar-refractivity contribution in [3.63, 3.8) is 0 Å². The summed E-state index contributed by atoms with van der Waals surface area (Å²) in [7, 11) is 0. The highest BCUT2D eigenvalue weighted by molar-refractivity contribution is 5.52. The Labute approximate surface area is 104 Å². The molecule has 0 unspecified atom stereocenters. The lowest BCUT2D eigenvalue weighted by molar-refractivity contribution is 0.242. The number of nitrogens with two attached hydrogens (primary N) is 1. The Morgan fingerprint density at radius 2 is 2.24 bits per heavy atom. The van der Waals surface area contributed by atoms with Crippen LogP contribution in [0.2, 0.25) is 0 Å². The minimum Gasteiger partial charge on any atom is -0.487 e. The number of hydrogen-bond donors (Lipinski definition) is 1. The van der Waals surface area contributed by atoms with Crippen molar-refractivity contribution in [3.05, 3.63) is 18.3 Å². The van der Waals surface area contributed by atoms with E-state index >= 15 is 0 Å². The van der Waals surface area contributed by atoms with Gasteiger partial charge in [0.05, 0.1) is 6.10 Å². The number of ether oxygens (including phenoxy) is 1. The van der Waals surface area contributed by atoms with Crippen molar-refractivity contribution in [2.75, 3.05) is 24.5 Å². The largest absolute Gasteiger partial charge is 0.487 e. The number of aromatic nitrogens is 1. The van der Waals surface area contributed by atoms with Crippen LogP contribution in [0.1, 0.15) is 27.2 Å². The van der Waals surface area contributed by atoms with Gasteiger partial charge in [0.25, 0.3) is 0 Å². The minimum absolute atomic E-state index is 0.158. The molecule has 4 heteroatoms. The predicted octanol–water partition coefficient (Wildman–Crippen LogP) is 2.04. The molecule has 17 heavy (non-hydrogen) atoms. The van der Waals surface area contributed by atoms with Crippen LogP contribution in [-0.4, -0.2) is 30.7 Å². The van der Waals surface area contributed by atoms with Crippen LogP contribution in [0.15, 0.2) is 18.3 Å². The second kappa shape index (κ2) is 7.12. The molecule has 96 valence electrons. The zero-order valence-electron chi connectivity index (χ0n) is 11.0. The van der Waals surface area contributed by atoms with Gasteiger partial charge in [-0.15, -0.1) is 0 Å². The Kier molecular flexibility index (Phi) is 5.77. The average molecular weight is 237 g/mol. The first-order valence-electron chi connectivity index (χ1n) is 6.25. The molecule has 1 aromatic heterocycles. The molecule has 1 aromatic rings. The molecule has 0 saturated heterocycles. The molecule has 0 spiro atoms. The standard InChI is InChI=1S/C13H23N3O/c1-4-16(10-6-8-14)13-12(17-11(2)3)7-5-9-15-13/h5,7,9,11H,4,6,8,10,14H2,1-3H3. The van der Waals surface area contributed by atoms with E-state index in [0.717, 1.165) is 31.1 Å². The van der Waals surface area contributed by atoms with Crippen molar-refractivity contribution < 1.29 is 4.74 Å². The Morgan fingerprint density at radius 1 is 1.47 bits per heavy atom. The summed E-state index contributed by atoms with van der Waals surface area (Å²) in [5.41, 5.74) is 5.55. The fourth-order valence-electron chi connectivity index (χ4n) is 1.66. The van der Waals surface area contributed by atoms with E-state index in [0.29, 0.717) is 6.54 Å². The molecule has 1 rings (SSSR count). The number of hydrogen-bond acceptors (Lipinski definition) is 4. The number of nitrogens with zero attached hydrogens (tertiary/aromatic N) is 2. The van der Waals surface area contributed by atoms with Crippen molar-refractivity contribution in [3.8, 4) is 5.75 Å². The lowest BCUT2D eigenvalue weighted by Crippen LogP contribution is -2.27. The third kappa shape index (κ3) is 4.23. The van der Waals surface area contributed by atoms with E-state index in [1.807, 2.05) is 26.0 Å². The zero-order valence-corrected chi connectivity index (χ0v) is 11.0. The molecule has 0 radical (unpaired) electrons. The highest BCUT2D eigenvalue weighted by Gasteiger charge is 2.12. The third-order valence-electron chi connectivity index (χ3n) is 2.43. The Hall–Kier alpha value is -1.29. The van der Waals surface area contributed by atoms with Crippen molar-refractivity contribution in [2.45, 2.75) is 33.3 Å². The molecular weight excluding hydrogens is 214 g/mol. The van der Waals surface area contributed by atoms with Gasteiger partial charge in [-0.25, -0.2) is 4.98 Å². The minimum atomic E-state index is 0.158. The van der Waals surface area contributed by atoms with Gasteiger partial charge in [-0.2, -0.15) is 0 Å². The summed E-state index contributed by atoms with van der Waals surface area (Å²) in [6.45, 7) is 8.68. The highest BCUT2D eigenvalue weighted by atomic mass is 16.5. The summed E-state index contributed by atoms with van der Waals surface area (Å²) in [6, 6.07) is 3.87. The summed E-state index contributed by atoms with van der Waals surface area (Å²) in [5.74, 6) is 1.76. The van der Waals surface area contributed by atoms with Gasteiger partial charge in [-0.05, 0) is 45.9 Å². The van der Waals surface area contributed by atoms with Crippen LogP contribution in [-0.2, 0) is 0 Å². The van der Waals surface area contributed by atoms with Crippen LogP contribution in [0.5, 0.6) is 5.75 Å². The fourth-order valence-corrected chi connectivity index (χ4v) is 1.66. The summed E-state index contributed by atoms with van der Waals surface area (Å²) >= 11 is 0. The van der Waals surface area contributed by atoms with E-state index in [2.05, 4.69) is 16.8 Å². The number of anilines is 1. The fraction of sp³-hybridized carbons (Fsp3) is 0.615. The van der Waals surface area contributed by atoms with Gasteiger partial charge in [-0.1, -0.05) is 0 Å². The Balaban J connectivity index is 2.85. The lowest BCUT2D eigenvalue weighted by Gasteiger charge is -2.24. The van der Waals surface area contributed by atoms with E-state index in [1.54, 1.807) is 6.20 Å². The lowest BCUT2D eigenvalue weighted by atomic mass is 10.3. The van der Waals surface area contributed by atoms with Gasteiger partial charge in [0.1, 0.15) is 0 Å². The van der Waals surface area contributed by atoms with Crippen molar-refractivity contribution in [1.29, 1.82) is 0 Å². The Morgan fingerprint density at radius 3 is 2.82 bits per heavy atom. The van der Waals surface area contributed by atoms with Crippen LogP contribution in [0.3, 0.4) is 0 Å². The molecule has 0 atom stereocenters. The predicted molar refractivity (Wildman–Crippen MR) is 71.6 cm³/mol. The molecule has 0 saturated carbocycles. The van der Waals surface area contributed by atoms with Crippen LogP contribution in [0.4, 0.5) is 5.82 Å². The topological polar surface area (TPSA) is 51.4 Å². The smallest absolute Gasteiger partial charge is 0.171 e. The maximum absolute atomic E-state index is 5.77. The first-order chi connectivity index (χ1) is 8.19. The van der Waals surface area contributed by atoms with Crippen LogP contribution < -0.4 is 15.4 Å². The van der Waals surface area contributed by atoms with Crippen LogP contribution in [0.25, 0.3) is 0 Å². The molecule has 1 heterocycles. The van der Waals surface area contributed by atoms with E-state index in [1.165, 1.54) is 0 Å². The summed E-state index contributed by atoms with van der Waals surface area (Å²) < 4.78 is 5.77. The molecule has 0 aliphatic rings. The van der Waals surface area contributed by atoms with Gasteiger partial charge in [-0.3, -0.25) is 0 Å². The normalized spacial score (nSPS) is 10.6. The molecule has 0 aliphatic heterocycles. The van der Waals surface area contributed by atoms with Crippen LogP contribution >= 0.6 is 0 Å². The molecule has 0 fully saturated rings. The van der Waals surface area contributed by atoms with E-state index < -0.39 is 0 Å². The van der Waals surface area contributed by atoms with Crippen molar-refractivity contribution in [1.82, 2.24) is 4.98 Å². The molecule has 4 nitrogen and oxygen atoms in total. The maximum atomic E-state index is 5.77. The highest BCUT2D eigenvalue weighted by Crippen LogP contribution is 2.26. The zero-order chi connectivity index (χ0) is 12.7. The number of pyridine rings is 1. The molecule has 2 N–H and O–H groups in total. The molecule has 0 aliphatic carbocycles.